The number of carboxylic acid groups (broad SMARTS) is 1. The zero-order chi connectivity index (χ0) is 19.5. The van der Waals surface area contributed by atoms with Gasteiger partial charge in [-0.3, -0.25) is 0 Å². The molecule has 0 saturated heterocycles. The van der Waals surface area contributed by atoms with E-state index < -0.39 is 5.97 Å². The number of aromatic carboxylic acids is 1. The van der Waals surface area contributed by atoms with Gasteiger partial charge in [0.05, 0.1) is 16.9 Å². The average Bonchev–Trinajstić information content (AvgIpc) is 3.30. The quantitative estimate of drug-likeness (QED) is 0.632. The lowest BCUT2D eigenvalue weighted by molar-refractivity contribution is 0.0696. The molecular weight excluding hydrogens is 352 g/mol. The molecule has 0 amide bonds. The molecule has 0 bridgehead atoms. The van der Waals surface area contributed by atoms with E-state index in [1.807, 2.05) is 41.1 Å². The molecule has 2 aromatic carbocycles. The summed E-state index contributed by atoms with van der Waals surface area (Å²) in [4.78, 5) is 11.1. The van der Waals surface area contributed by atoms with Crippen molar-refractivity contribution in [3.63, 3.8) is 0 Å². The lowest BCUT2D eigenvalue weighted by Gasteiger charge is -2.19. The van der Waals surface area contributed by atoms with E-state index in [4.69, 9.17) is 9.84 Å². The molecule has 0 saturated carbocycles. The summed E-state index contributed by atoms with van der Waals surface area (Å²) in [6, 6.07) is 14.9. The van der Waals surface area contributed by atoms with E-state index in [1.54, 1.807) is 12.1 Å². The molecule has 5 heteroatoms. The number of aryl methyl sites for hydroxylation is 2. The first kappa shape index (κ1) is 18.3. The van der Waals surface area contributed by atoms with Crippen molar-refractivity contribution in [2.24, 2.45) is 0 Å². The predicted molar refractivity (Wildman–Crippen MR) is 107 cm³/mol. The molecule has 1 heterocycles. The number of benzene rings is 2. The van der Waals surface area contributed by atoms with Crippen LogP contribution in [0.25, 0.3) is 5.69 Å². The predicted octanol–water partition coefficient (Wildman–Crippen LogP) is 4.98. The summed E-state index contributed by atoms with van der Waals surface area (Å²) in [5.41, 5.74) is 4.87. The van der Waals surface area contributed by atoms with E-state index in [2.05, 4.69) is 18.2 Å². The largest absolute Gasteiger partial charge is 0.486 e. The third-order valence-electron chi connectivity index (χ3n) is 5.20. The van der Waals surface area contributed by atoms with E-state index in [0.717, 1.165) is 42.7 Å². The molecule has 1 aromatic heterocycles. The van der Waals surface area contributed by atoms with Crippen LogP contribution < -0.4 is 4.74 Å². The summed E-state index contributed by atoms with van der Waals surface area (Å²) >= 11 is 0. The first-order valence-corrected chi connectivity index (χ1v) is 9.82. The maximum atomic E-state index is 11.1. The highest BCUT2D eigenvalue weighted by atomic mass is 16.5. The zero-order valence-electron chi connectivity index (χ0n) is 16.0. The van der Waals surface area contributed by atoms with Crippen LogP contribution in [-0.2, 0) is 12.8 Å². The third-order valence-corrected chi connectivity index (χ3v) is 5.20. The standard InChI is InChI=1S/C23H24N2O3/c1-2-4-22(16-7-9-17(10-8-16)23(26)27)28-20-13-11-19(12-14-20)25-15-18-5-3-6-21(18)24-25/h7-15,22H,2-6H2,1H3,(H,26,27). The van der Waals surface area contributed by atoms with Crippen LogP contribution in [0.3, 0.4) is 0 Å². The van der Waals surface area contributed by atoms with Crippen molar-refractivity contribution in [1.82, 2.24) is 9.78 Å². The number of hydrogen-bond acceptors (Lipinski definition) is 3. The Labute approximate surface area is 164 Å². The molecule has 1 unspecified atom stereocenters. The van der Waals surface area contributed by atoms with Gasteiger partial charge in [0.25, 0.3) is 0 Å². The van der Waals surface area contributed by atoms with Gasteiger partial charge in [-0.05, 0) is 73.2 Å². The molecule has 1 aliphatic rings. The number of rotatable bonds is 7. The van der Waals surface area contributed by atoms with Crippen LogP contribution in [-0.4, -0.2) is 20.9 Å². The van der Waals surface area contributed by atoms with Gasteiger partial charge in [-0.25, -0.2) is 9.48 Å². The summed E-state index contributed by atoms with van der Waals surface area (Å²) in [6.45, 7) is 2.11. The third kappa shape index (κ3) is 3.79. The Morgan fingerprint density at radius 3 is 2.54 bits per heavy atom. The maximum absolute atomic E-state index is 11.1. The Balaban J connectivity index is 1.49. The van der Waals surface area contributed by atoms with Gasteiger partial charge in [-0.1, -0.05) is 25.5 Å². The second-order valence-electron chi connectivity index (χ2n) is 7.22. The molecule has 4 rings (SSSR count). The summed E-state index contributed by atoms with van der Waals surface area (Å²) in [5, 5.41) is 13.8. The summed E-state index contributed by atoms with van der Waals surface area (Å²) in [7, 11) is 0. The average molecular weight is 376 g/mol. The van der Waals surface area contributed by atoms with Crippen molar-refractivity contribution in [3.05, 3.63) is 77.1 Å². The topological polar surface area (TPSA) is 64.4 Å². The summed E-state index contributed by atoms with van der Waals surface area (Å²) < 4.78 is 8.16. The van der Waals surface area contributed by atoms with Crippen LogP contribution in [0.4, 0.5) is 0 Å². The molecule has 0 spiro atoms. The Kier molecular flexibility index (Phi) is 5.15. The minimum atomic E-state index is -0.917. The molecule has 28 heavy (non-hydrogen) atoms. The van der Waals surface area contributed by atoms with Crippen molar-refractivity contribution < 1.29 is 14.6 Å². The summed E-state index contributed by atoms with van der Waals surface area (Å²) in [5.74, 6) is -0.121. The lowest BCUT2D eigenvalue weighted by Crippen LogP contribution is -2.08. The van der Waals surface area contributed by atoms with E-state index in [-0.39, 0.29) is 11.7 Å². The molecular formula is C23H24N2O3. The monoisotopic (exact) mass is 376 g/mol. The van der Waals surface area contributed by atoms with Gasteiger partial charge in [0, 0.05) is 6.20 Å². The number of nitrogens with zero attached hydrogens (tertiary/aromatic N) is 2. The smallest absolute Gasteiger partial charge is 0.335 e. The first-order chi connectivity index (χ1) is 13.6. The number of hydrogen-bond donors (Lipinski definition) is 1. The van der Waals surface area contributed by atoms with Crippen LogP contribution >= 0.6 is 0 Å². The molecule has 0 fully saturated rings. The van der Waals surface area contributed by atoms with Gasteiger partial charge in [-0.2, -0.15) is 5.10 Å². The fourth-order valence-electron chi connectivity index (χ4n) is 3.68. The molecule has 1 N–H and O–H groups in total. The van der Waals surface area contributed by atoms with Crippen LogP contribution in [0, 0.1) is 0 Å². The Hall–Kier alpha value is -3.08. The van der Waals surface area contributed by atoms with Crippen molar-refractivity contribution >= 4 is 5.97 Å². The van der Waals surface area contributed by atoms with Crippen molar-refractivity contribution in [3.8, 4) is 11.4 Å². The van der Waals surface area contributed by atoms with Crippen molar-refractivity contribution in [2.75, 3.05) is 0 Å². The van der Waals surface area contributed by atoms with Crippen LogP contribution in [0.15, 0.2) is 54.7 Å². The van der Waals surface area contributed by atoms with Crippen molar-refractivity contribution in [2.45, 2.75) is 45.1 Å². The van der Waals surface area contributed by atoms with Gasteiger partial charge < -0.3 is 9.84 Å². The SMILES string of the molecule is CCCC(Oc1ccc(-n2cc3c(n2)CCC3)cc1)c1ccc(C(=O)O)cc1. The zero-order valence-corrected chi connectivity index (χ0v) is 16.0. The number of ether oxygens (including phenoxy) is 1. The fraction of sp³-hybridized carbons (Fsp3) is 0.304. The lowest BCUT2D eigenvalue weighted by atomic mass is 10.0. The minimum absolute atomic E-state index is 0.104. The number of aromatic nitrogens is 2. The number of carboxylic acids is 1. The number of fused-ring (bicyclic) bond motifs is 1. The Morgan fingerprint density at radius 2 is 1.89 bits per heavy atom. The molecule has 1 atom stereocenters. The van der Waals surface area contributed by atoms with E-state index >= 15 is 0 Å². The first-order valence-electron chi connectivity index (χ1n) is 9.82. The molecule has 0 aliphatic heterocycles. The second kappa shape index (κ2) is 7.89. The van der Waals surface area contributed by atoms with Gasteiger partial charge in [0.15, 0.2) is 0 Å². The highest BCUT2D eigenvalue weighted by Gasteiger charge is 2.16. The van der Waals surface area contributed by atoms with Gasteiger partial charge in [0.1, 0.15) is 11.9 Å². The van der Waals surface area contributed by atoms with Gasteiger partial charge in [-0.15, -0.1) is 0 Å². The van der Waals surface area contributed by atoms with E-state index in [1.165, 1.54) is 17.7 Å². The highest BCUT2D eigenvalue weighted by molar-refractivity contribution is 5.87. The Bertz CT molecular complexity index is 937. The number of carbonyl (C=O) groups is 1. The summed E-state index contributed by atoms with van der Waals surface area (Å²) in [6.07, 6.45) is 7.26. The molecule has 1 aliphatic carbocycles. The Morgan fingerprint density at radius 1 is 1.14 bits per heavy atom. The van der Waals surface area contributed by atoms with Crippen molar-refractivity contribution in [1.29, 1.82) is 0 Å². The molecule has 144 valence electrons. The van der Waals surface area contributed by atoms with Crippen LogP contribution in [0.2, 0.25) is 0 Å². The highest BCUT2D eigenvalue weighted by Crippen LogP contribution is 2.28. The van der Waals surface area contributed by atoms with E-state index in [0.29, 0.717) is 0 Å². The molecule has 3 aromatic rings. The maximum Gasteiger partial charge on any atom is 0.335 e. The second-order valence-corrected chi connectivity index (χ2v) is 7.22. The van der Waals surface area contributed by atoms with E-state index in [9.17, 15) is 4.79 Å². The van der Waals surface area contributed by atoms with Crippen LogP contribution in [0.1, 0.15) is 59.5 Å². The molecule has 5 nitrogen and oxygen atoms in total. The molecule has 0 radical (unpaired) electrons. The van der Waals surface area contributed by atoms with Gasteiger partial charge >= 0.3 is 5.97 Å². The normalized spacial score (nSPS) is 13.9. The minimum Gasteiger partial charge on any atom is -0.486 e. The van der Waals surface area contributed by atoms with Crippen LogP contribution in [0.5, 0.6) is 5.75 Å². The fourth-order valence-corrected chi connectivity index (χ4v) is 3.68. The van der Waals surface area contributed by atoms with Gasteiger partial charge in [0.2, 0.25) is 0 Å².